The van der Waals surface area contributed by atoms with Crippen molar-refractivity contribution in [2.75, 3.05) is 19.5 Å². The second-order valence-electron chi connectivity index (χ2n) is 6.20. The lowest BCUT2D eigenvalue weighted by Crippen LogP contribution is -2.04. The van der Waals surface area contributed by atoms with Gasteiger partial charge in [0, 0.05) is 40.2 Å². The van der Waals surface area contributed by atoms with Crippen molar-refractivity contribution >= 4 is 39.3 Å². The summed E-state index contributed by atoms with van der Waals surface area (Å²) in [5.74, 6) is 2.51. The molecule has 1 aliphatic rings. The number of pyridine rings is 1. The zero-order chi connectivity index (χ0) is 17.4. The fourth-order valence-corrected chi connectivity index (χ4v) is 3.96. The number of anilines is 1. The van der Waals surface area contributed by atoms with Crippen molar-refractivity contribution in [3.63, 3.8) is 0 Å². The number of nitrogens with one attached hydrogen (secondary N) is 1. The fraction of sp³-hybridized carbons (Fsp3) is 0.316. The van der Waals surface area contributed by atoms with Crippen LogP contribution in [-0.2, 0) is 6.54 Å². The van der Waals surface area contributed by atoms with Crippen LogP contribution < -0.4 is 14.8 Å². The molecule has 2 heterocycles. The van der Waals surface area contributed by atoms with E-state index in [-0.39, 0.29) is 0 Å². The van der Waals surface area contributed by atoms with Crippen LogP contribution in [0.2, 0.25) is 0 Å². The van der Waals surface area contributed by atoms with E-state index in [0.29, 0.717) is 12.6 Å². The third-order valence-corrected chi connectivity index (χ3v) is 5.40. The lowest BCUT2D eigenvalue weighted by atomic mass is 10.2. The summed E-state index contributed by atoms with van der Waals surface area (Å²) in [6.45, 7) is 0.643. The number of benzene rings is 1. The Morgan fingerprint density at radius 3 is 2.80 bits per heavy atom. The van der Waals surface area contributed by atoms with Gasteiger partial charge in [-0.25, -0.2) is 4.98 Å². The smallest absolute Gasteiger partial charge is 0.136 e. The van der Waals surface area contributed by atoms with E-state index in [1.807, 2.05) is 24.4 Å². The summed E-state index contributed by atoms with van der Waals surface area (Å²) < 4.78 is 14.4. The fourth-order valence-electron chi connectivity index (χ4n) is 3.12. The summed E-state index contributed by atoms with van der Waals surface area (Å²) >= 11 is 2.40. The molecule has 0 saturated heterocycles. The van der Waals surface area contributed by atoms with Gasteiger partial charge in [0.15, 0.2) is 0 Å². The molecule has 0 unspecified atom stereocenters. The molecule has 0 atom stereocenters. The van der Waals surface area contributed by atoms with Gasteiger partial charge in [0.25, 0.3) is 0 Å². The summed E-state index contributed by atoms with van der Waals surface area (Å²) in [5.41, 5.74) is 2.32. The molecule has 6 heteroatoms. The van der Waals surface area contributed by atoms with E-state index in [0.717, 1.165) is 22.9 Å². The molecular formula is C19H20IN3O2. The van der Waals surface area contributed by atoms with Gasteiger partial charge in [-0.1, -0.05) is 0 Å². The Labute approximate surface area is 160 Å². The lowest BCUT2D eigenvalue weighted by Gasteiger charge is -2.12. The van der Waals surface area contributed by atoms with E-state index < -0.39 is 0 Å². The van der Waals surface area contributed by atoms with E-state index in [9.17, 15) is 0 Å². The molecule has 4 rings (SSSR count). The van der Waals surface area contributed by atoms with Crippen molar-refractivity contribution < 1.29 is 9.47 Å². The average Bonchev–Trinajstić information content (AvgIpc) is 3.43. The van der Waals surface area contributed by atoms with Crippen molar-refractivity contribution in [2.24, 2.45) is 0 Å². The number of rotatable bonds is 6. The number of hydrogen-bond donors (Lipinski definition) is 1. The normalized spacial score (nSPS) is 13.9. The molecule has 1 fully saturated rings. The number of methoxy groups -OCH3 is 2. The van der Waals surface area contributed by atoms with E-state index in [1.165, 1.54) is 27.3 Å². The Bertz CT molecular complexity index is 918. The molecule has 0 aliphatic heterocycles. The van der Waals surface area contributed by atoms with Gasteiger partial charge in [0.1, 0.15) is 17.3 Å². The zero-order valence-electron chi connectivity index (χ0n) is 14.3. The lowest BCUT2D eigenvalue weighted by molar-refractivity contribution is 0.391. The number of hydrogen-bond acceptors (Lipinski definition) is 4. The molecule has 130 valence electrons. The Kier molecular flexibility index (Phi) is 4.45. The molecule has 2 aromatic heterocycles. The maximum Gasteiger partial charge on any atom is 0.136 e. The largest absolute Gasteiger partial charge is 0.497 e. The van der Waals surface area contributed by atoms with Crippen LogP contribution in [0.1, 0.15) is 24.4 Å². The molecule has 1 N–H and O–H groups in total. The van der Waals surface area contributed by atoms with Crippen LogP contribution in [0.15, 0.2) is 36.7 Å². The maximum absolute atomic E-state index is 5.49. The highest BCUT2D eigenvalue weighted by molar-refractivity contribution is 14.1. The van der Waals surface area contributed by atoms with Crippen LogP contribution in [0, 0.1) is 3.57 Å². The SMILES string of the molecule is COc1ccc(CNc2nccc3c2c(I)cn3C2CC2)c(OC)c1. The molecular weight excluding hydrogens is 429 g/mol. The van der Waals surface area contributed by atoms with Crippen molar-refractivity contribution in [2.45, 2.75) is 25.4 Å². The second-order valence-corrected chi connectivity index (χ2v) is 7.36. The van der Waals surface area contributed by atoms with Crippen LogP contribution in [0.5, 0.6) is 11.5 Å². The highest BCUT2D eigenvalue weighted by Gasteiger charge is 2.26. The van der Waals surface area contributed by atoms with E-state index in [1.54, 1.807) is 14.2 Å². The van der Waals surface area contributed by atoms with Gasteiger partial charge >= 0.3 is 0 Å². The van der Waals surface area contributed by atoms with Crippen LogP contribution in [0.25, 0.3) is 10.9 Å². The minimum Gasteiger partial charge on any atom is -0.497 e. The highest BCUT2D eigenvalue weighted by Crippen LogP contribution is 2.40. The first-order valence-corrected chi connectivity index (χ1v) is 9.39. The zero-order valence-corrected chi connectivity index (χ0v) is 16.4. The first-order chi connectivity index (χ1) is 12.2. The third-order valence-electron chi connectivity index (χ3n) is 4.58. The summed E-state index contributed by atoms with van der Waals surface area (Å²) in [6.07, 6.45) is 6.66. The van der Waals surface area contributed by atoms with Crippen molar-refractivity contribution in [3.8, 4) is 11.5 Å². The van der Waals surface area contributed by atoms with Crippen LogP contribution >= 0.6 is 22.6 Å². The summed E-state index contributed by atoms with van der Waals surface area (Å²) in [5, 5.41) is 4.68. The van der Waals surface area contributed by atoms with Crippen LogP contribution in [-0.4, -0.2) is 23.8 Å². The maximum atomic E-state index is 5.49. The molecule has 25 heavy (non-hydrogen) atoms. The summed E-state index contributed by atoms with van der Waals surface area (Å²) in [7, 11) is 3.33. The third kappa shape index (κ3) is 3.15. The molecule has 0 spiro atoms. The van der Waals surface area contributed by atoms with Gasteiger partial charge in [0.05, 0.1) is 25.1 Å². The van der Waals surface area contributed by atoms with Crippen LogP contribution in [0.4, 0.5) is 5.82 Å². The average molecular weight is 449 g/mol. The van der Waals surface area contributed by atoms with E-state index in [4.69, 9.17) is 9.47 Å². The Morgan fingerprint density at radius 2 is 2.08 bits per heavy atom. The first-order valence-electron chi connectivity index (χ1n) is 8.31. The molecule has 0 bridgehead atoms. The minimum atomic E-state index is 0.643. The predicted octanol–water partition coefficient (Wildman–Crippen LogP) is 4.61. The number of halogens is 1. The second kappa shape index (κ2) is 6.74. The quantitative estimate of drug-likeness (QED) is 0.559. The number of ether oxygens (including phenoxy) is 2. The standard InChI is InChI=1S/C19H20IN3O2/c1-24-14-6-3-12(17(9-14)25-2)10-22-19-18-15(20)11-23(13-4-5-13)16(18)7-8-21-19/h3,6-9,11,13H,4-5,10H2,1-2H3,(H,21,22). The van der Waals surface area contributed by atoms with Gasteiger partial charge in [-0.15, -0.1) is 0 Å². The topological polar surface area (TPSA) is 48.3 Å². The number of nitrogens with zero attached hydrogens (tertiary/aromatic N) is 2. The van der Waals surface area contributed by atoms with Gasteiger partial charge in [0.2, 0.25) is 0 Å². The first kappa shape index (κ1) is 16.5. The highest BCUT2D eigenvalue weighted by atomic mass is 127. The molecule has 0 radical (unpaired) electrons. The number of fused-ring (bicyclic) bond motifs is 1. The Morgan fingerprint density at radius 1 is 1.24 bits per heavy atom. The minimum absolute atomic E-state index is 0.643. The molecule has 0 amide bonds. The molecule has 1 saturated carbocycles. The van der Waals surface area contributed by atoms with Crippen LogP contribution in [0.3, 0.4) is 0 Å². The molecule has 3 aromatic rings. The van der Waals surface area contributed by atoms with Gasteiger partial charge in [-0.3, -0.25) is 0 Å². The summed E-state index contributed by atoms with van der Waals surface area (Å²) in [4.78, 5) is 4.57. The van der Waals surface area contributed by atoms with Gasteiger partial charge in [-0.05, 0) is 53.6 Å². The van der Waals surface area contributed by atoms with Gasteiger partial charge in [-0.2, -0.15) is 0 Å². The van der Waals surface area contributed by atoms with Gasteiger partial charge < -0.3 is 19.4 Å². The summed E-state index contributed by atoms with van der Waals surface area (Å²) in [6, 6.07) is 8.63. The van der Waals surface area contributed by atoms with Crippen molar-refractivity contribution in [1.29, 1.82) is 0 Å². The molecule has 1 aliphatic carbocycles. The predicted molar refractivity (Wildman–Crippen MR) is 108 cm³/mol. The monoisotopic (exact) mass is 449 g/mol. The van der Waals surface area contributed by atoms with E-state index >= 15 is 0 Å². The van der Waals surface area contributed by atoms with Crippen molar-refractivity contribution in [1.82, 2.24) is 9.55 Å². The van der Waals surface area contributed by atoms with E-state index in [2.05, 4.69) is 49.7 Å². The molecule has 5 nitrogen and oxygen atoms in total. The Hall–Kier alpha value is -1.96. The molecule has 1 aromatic carbocycles. The van der Waals surface area contributed by atoms with Crippen molar-refractivity contribution in [3.05, 3.63) is 45.8 Å². The number of aromatic nitrogens is 2. The Balaban J connectivity index is 1.63.